The Bertz CT molecular complexity index is 811. The Labute approximate surface area is 125 Å². The first-order valence-corrected chi connectivity index (χ1v) is 6.49. The molecule has 0 saturated carbocycles. The number of aromatic nitrogens is 1. The lowest BCUT2D eigenvalue weighted by atomic mass is 10.1. The van der Waals surface area contributed by atoms with E-state index in [2.05, 4.69) is 4.98 Å². The van der Waals surface area contributed by atoms with Gasteiger partial charge in [-0.15, -0.1) is 0 Å². The fourth-order valence-corrected chi connectivity index (χ4v) is 2.56. The second-order valence-corrected chi connectivity index (χ2v) is 4.92. The quantitative estimate of drug-likeness (QED) is 0.797. The van der Waals surface area contributed by atoms with Crippen LogP contribution < -0.4 is 4.90 Å². The summed E-state index contributed by atoms with van der Waals surface area (Å²) in [6.45, 7) is 0.165. The number of pyridine rings is 1. The van der Waals surface area contributed by atoms with Gasteiger partial charge in [-0.25, -0.2) is 4.98 Å². The number of anilines is 1. The van der Waals surface area contributed by atoms with Crippen molar-refractivity contribution >= 4 is 29.0 Å². The number of amides is 1. The highest BCUT2D eigenvalue weighted by Gasteiger charge is 2.37. The minimum Gasteiger partial charge on any atom is -0.299 e. The van der Waals surface area contributed by atoms with Crippen LogP contribution in [0.4, 0.5) is 5.69 Å². The van der Waals surface area contributed by atoms with E-state index < -0.39 is 11.7 Å². The van der Waals surface area contributed by atoms with Crippen LogP contribution in [-0.2, 0) is 11.3 Å². The summed E-state index contributed by atoms with van der Waals surface area (Å²) < 4.78 is 0. The third kappa shape index (κ3) is 2.16. The van der Waals surface area contributed by atoms with Crippen molar-refractivity contribution in [1.29, 1.82) is 5.26 Å². The van der Waals surface area contributed by atoms with Crippen molar-refractivity contribution in [2.45, 2.75) is 6.54 Å². The molecule has 0 N–H and O–H groups in total. The fourth-order valence-electron chi connectivity index (χ4n) is 2.28. The number of rotatable bonds is 2. The molecule has 2 aromatic rings. The van der Waals surface area contributed by atoms with E-state index in [4.69, 9.17) is 16.9 Å². The number of hydrogen-bond acceptors (Lipinski definition) is 4. The second-order valence-electron chi connectivity index (χ2n) is 4.52. The largest absolute Gasteiger partial charge is 0.299 e. The summed E-state index contributed by atoms with van der Waals surface area (Å²) in [5.41, 5.74) is 1.69. The van der Waals surface area contributed by atoms with Crippen molar-refractivity contribution in [2.75, 3.05) is 4.90 Å². The van der Waals surface area contributed by atoms with Crippen LogP contribution in [0.5, 0.6) is 0 Å². The zero-order valence-electron chi connectivity index (χ0n) is 10.7. The first kappa shape index (κ1) is 13.3. The summed E-state index contributed by atoms with van der Waals surface area (Å²) in [6, 6.07) is 10.0. The second kappa shape index (κ2) is 5.00. The summed E-state index contributed by atoms with van der Waals surface area (Å²) >= 11 is 6.11. The Morgan fingerprint density at radius 2 is 2.10 bits per heavy atom. The lowest BCUT2D eigenvalue weighted by molar-refractivity contribution is -0.114. The number of Topliss-reactive ketones (excluding diaryl/α,β-unsaturated/α-hetero) is 1. The zero-order valence-corrected chi connectivity index (χ0v) is 11.5. The van der Waals surface area contributed by atoms with Crippen molar-refractivity contribution in [3.05, 3.63) is 58.4 Å². The van der Waals surface area contributed by atoms with Crippen LogP contribution in [0.15, 0.2) is 36.5 Å². The minimum atomic E-state index is -0.617. The van der Waals surface area contributed by atoms with Crippen molar-refractivity contribution in [3.8, 4) is 6.07 Å². The van der Waals surface area contributed by atoms with Crippen molar-refractivity contribution in [1.82, 2.24) is 4.98 Å². The fraction of sp³-hybridized carbons (Fsp3) is 0.0667. The van der Waals surface area contributed by atoms with Gasteiger partial charge in [0, 0.05) is 6.20 Å². The monoisotopic (exact) mass is 297 g/mol. The molecule has 0 saturated heterocycles. The maximum Gasteiger partial charge on any atom is 0.299 e. The number of para-hydroxylation sites is 1. The van der Waals surface area contributed by atoms with Crippen LogP contribution in [-0.4, -0.2) is 16.7 Å². The highest BCUT2D eigenvalue weighted by Crippen LogP contribution is 2.36. The van der Waals surface area contributed by atoms with Gasteiger partial charge in [0.1, 0.15) is 11.8 Å². The number of nitrogens with zero attached hydrogens (tertiary/aromatic N) is 3. The lowest BCUT2D eigenvalue weighted by Gasteiger charge is -2.17. The van der Waals surface area contributed by atoms with Crippen LogP contribution in [0.3, 0.4) is 0 Å². The molecular weight excluding hydrogens is 290 g/mol. The molecule has 1 aliphatic heterocycles. The molecule has 6 heteroatoms. The third-order valence-corrected chi connectivity index (χ3v) is 3.53. The predicted octanol–water partition coefficient (Wildman–Crippen LogP) is 2.34. The van der Waals surface area contributed by atoms with Gasteiger partial charge in [0.15, 0.2) is 0 Å². The van der Waals surface area contributed by atoms with E-state index in [-0.39, 0.29) is 12.2 Å². The van der Waals surface area contributed by atoms with E-state index in [9.17, 15) is 9.59 Å². The van der Waals surface area contributed by atoms with E-state index in [1.54, 1.807) is 30.3 Å². The van der Waals surface area contributed by atoms with Gasteiger partial charge in [-0.3, -0.25) is 14.5 Å². The average molecular weight is 298 g/mol. The topological polar surface area (TPSA) is 74.1 Å². The van der Waals surface area contributed by atoms with Gasteiger partial charge in [0.25, 0.3) is 11.7 Å². The molecule has 2 heterocycles. The van der Waals surface area contributed by atoms with Crippen LogP contribution in [0.2, 0.25) is 5.02 Å². The number of ketones is 1. The molecule has 5 nitrogen and oxygen atoms in total. The number of hydrogen-bond donors (Lipinski definition) is 0. The number of carbonyl (C=O) groups excluding carboxylic acids is 2. The molecule has 1 aromatic carbocycles. The third-order valence-electron chi connectivity index (χ3n) is 3.22. The smallest absolute Gasteiger partial charge is 0.299 e. The molecule has 0 spiro atoms. The van der Waals surface area contributed by atoms with E-state index in [1.807, 2.05) is 6.07 Å². The van der Waals surface area contributed by atoms with E-state index >= 15 is 0 Å². The molecule has 0 atom stereocenters. The molecule has 0 unspecified atom stereocenters. The van der Waals surface area contributed by atoms with Gasteiger partial charge in [-0.1, -0.05) is 17.7 Å². The summed E-state index contributed by atoms with van der Waals surface area (Å²) in [6.07, 6.45) is 1.49. The molecule has 3 rings (SSSR count). The summed E-state index contributed by atoms with van der Waals surface area (Å²) in [5, 5.41) is 9.20. The summed E-state index contributed by atoms with van der Waals surface area (Å²) in [7, 11) is 0. The highest BCUT2D eigenvalue weighted by atomic mass is 35.5. The van der Waals surface area contributed by atoms with Crippen LogP contribution in [0, 0.1) is 11.3 Å². The van der Waals surface area contributed by atoms with Gasteiger partial charge in [-0.05, 0) is 29.8 Å². The van der Waals surface area contributed by atoms with Gasteiger partial charge in [-0.2, -0.15) is 5.26 Å². The Kier molecular flexibility index (Phi) is 3.16. The first-order valence-electron chi connectivity index (χ1n) is 6.11. The minimum absolute atomic E-state index is 0.165. The van der Waals surface area contributed by atoms with E-state index in [0.717, 1.165) is 0 Å². The Balaban J connectivity index is 2.02. The Hall–Kier alpha value is -2.71. The predicted molar refractivity (Wildman–Crippen MR) is 75.9 cm³/mol. The molecular formula is C15H8ClN3O2. The molecule has 1 aromatic heterocycles. The van der Waals surface area contributed by atoms with Gasteiger partial charge >= 0.3 is 0 Å². The van der Waals surface area contributed by atoms with Crippen molar-refractivity contribution in [3.63, 3.8) is 0 Å². The van der Waals surface area contributed by atoms with Gasteiger partial charge in [0.2, 0.25) is 0 Å². The Morgan fingerprint density at radius 3 is 2.86 bits per heavy atom. The van der Waals surface area contributed by atoms with Gasteiger partial charge < -0.3 is 0 Å². The van der Waals surface area contributed by atoms with Crippen LogP contribution in [0.1, 0.15) is 21.6 Å². The Morgan fingerprint density at radius 1 is 1.29 bits per heavy atom. The standard InChI is InChI=1S/C15H8ClN3O2/c16-12-3-1-2-11-13(12)19(15(21)14(11)20)8-9-4-5-18-10(6-9)7-17/h1-6H,8H2. The van der Waals surface area contributed by atoms with E-state index in [0.29, 0.717) is 21.8 Å². The van der Waals surface area contributed by atoms with Crippen molar-refractivity contribution < 1.29 is 9.59 Å². The SMILES string of the molecule is N#Cc1cc(CN2C(=O)C(=O)c3cccc(Cl)c32)ccn1. The summed E-state index contributed by atoms with van der Waals surface area (Å²) in [5.74, 6) is -1.18. The number of fused-ring (bicyclic) bond motifs is 1. The maximum atomic E-state index is 12.1. The summed E-state index contributed by atoms with van der Waals surface area (Å²) in [4.78, 5) is 29.3. The molecule has 0 bridgehead atoms. The molecule has 1 amide bonds. The normalized spacial score (nSPS) is 13.2. The number of nitriles is 1. The average Bonchev–Trinajstić information content (AvgIpc) is 2.74. The van der Waals surface area contributed by atoms with Crippen LogP contribution in [0.25, 0.3) is 0 Å². The van der Waals surface area contributed by atoms with Crippen molar-refractivity contribution in [2.24, 2.45) is 0 Å². The molecule has 21 heavy (non-hydrogen) atoms. The van der Waals surface area contributed by atoms with E-state index in [1.165, 1.54) is 11.1 Å². The highest BCUT2D eigenvalue weighted by molar-refractivity contribution is 6.54. The number of benzene rings is 1. The molecule has 102 valence electrons. The zero-order chi connectivity index (χ0) is 15.0. The molecule has 0 radical (unpaired) electrons. The number of carbonyl (C=O) groups is 2. The van der Waals surface area contributed by atoms with Gasteiger partial charge in [0.05, 0.1) is 22.8 Å². The lowest BCUT2D eigenvalue weighted by Crippen LogP contribution is -2.29. The first-order chi connectivity index (χ1) is 10.1. The number of halogens is 1. The molecule has 1 aliphatic rings. The maximum absolute atomic E-state index is 12.1. The molecule has 0 fully saturated rings. The molecule has 0 aliphatic carbocycles. The van der Waals surface area contributed by atoms with Crippen LogP contribution >= 0.6 is 11.6 Å².